The number of hydrogen-bond donors (Lipinski definition) is 1. The second kappa shape index (κ2) is 4.55. The molecular formula is C18H17N3O2. The molecule has 0 bridgehead atoms. The van der Waals surface area contributed by atoms with Gasteiger partial charge in [0.25, 0.3) is 0 Å². The quantitative estimate of drug-likeness (QED) is 0.750. The standard InChI is InChI=1S/C18H17N3O2/c1-10-20-16-15(23-10)7-6-13(18(16)22)17-12-5-3-2-4-11(12)14-8-19-9-21(14)17/h2-5,8-9,13,17-18,22H,6-7H2,1H3/t13-,17+,18-/m0/s1. The summed E-state index contributed by atoms with van der Waals surface area (Å²) >= 11 is 0. The summed E-state index contributed by atoms with van der Waals surface area (Å²) in [4.78, 5) is 8.72. The van der Waals surface area contributed by atoms with E-state index in [1.807, 2.05) is 19.4 Å². The van der Waals surface area contributed by atoms with Gasteiger partial charge < -0.3 is 14.1 Å². The predicted octanol–water partition coefficient (Wildman–Crippen LogP) is 3.05. The first kappa shape index (κ1) is 13.1. The van der Waals surface area contributed by atoms with Crippen LogP contribution in [0.25, 0.3) is 11.3 Å². The fourth-order valence-electron chi connectivity index (χ4n) is 4.19. The van der Waals surface area contributed by atoms with Crippen molar-refractivity contribution in [1.82, 2.24) is 14.5 Å². The minimum absolute atomic E-state index is 0.0728. The lowest BCUT2D eigenvalue weighted by Crippen LogP contribution is -2.28. The summed E-state index contributed by atoms with van der Waals surface area (Å²) in [5.74, 6) is 1.54. The maximum absolute atomic E-state index is 10.9. The van der Waals surface area contributed by atoms with Crippen LogP contribution < -0.4 is 0 Å². The van der Waals surface area contributed by atoms with Crippen LogP contribution in [0.1, 0.15) is 41.5 Å². The molecule has 2 aromatic heterocycles. The first-order valence-electron chi connectivity index (χ1n) is 7.99. The molecule has 3 atom stereocenters. The highest BCUT2D eigenvalue weighted by molar-refractivity contribution is 5.69. The zero-order chi connectivity index (χ0) is 15.6. The minimum Gasteiger partial charge on any atom is -0.446 e. The number of rotatable bonds is 1. The van der Waals surface area contributed by atoms with E-state index in [1.54, 1.807) is 0 Å². The number of imidazole rings is 1. The molecule has 0 saturated heterocycles. The Morgan fingerprint density at radius 1 is 1.30 bits per heavy atom. The molecule has 0 radical (unpaired) electrons. The van der Waals surface area contributed by atoms with Crippen molar-refractivity contribution in [1.29, 1.82) is 0 Å². The first-order chi connectivity index (χ1) is 11.2. The zero-order valence-corrected chi connectivity index (χ0v) is 12.8. The van der Waals surface area contributed by atoms with Gasteiger partial charge in [0, 0.05) is 24.8 Å². The smallest absolute Gasteiger partial charge is 0.191 e. The van der Waals surface area contributed by atoms with E-state index < -0.39 is 6.10 Å². The Hall–Kier alpha value is -2.40. The number of benzene rings is 1. The van der Waals surface area contributed by atoms with Crippen molar-refractivity contribution in [2.75, 3.05) is 0 Å². The van der Waals surface area contributed by atoms with Crippen molar-refractivity contribution in [3.63, 3.8) is 0 Å². The highest BCUT2D eigenvalue weighted by atomic mass is 16.4. The predicted molar refractivity (Wildman–Crippen MR) is 83.8 cm³/mol. The van der Waals surface area contributed by atoms with E-state index in [1.165, 1.54) is 11.1 Å². The Kier molecular flexibility index (Phi) is 2.59. The van der Waals surface area contributed by atoms with E-state index in [9.17, 15) is 5.11 Å². The molecule has 3 aromatic rings. The van der Waals surface area contributed by atoms with Gasteiger partial charge in [0.1, 0.15) is 17.6 Å². The lowest BCUT2D eigenvalue weighted by atomic mass is 9.79. The third-order valence-electron chi connectivity index (χ3n) is 5.15. The first-order valence-corrected chi connectivity index (χ1v) is 7.99. The van der Waals surface area contributed by atoms with E-state index in [4.69, 9.17) is 4.42 Å². The second-order valence-corrected chi connectivity index (χ2v) is 6.41. The van der Waals surface area contributed by atoms with Crippen LogP contribution in [0.5, 0.6) is 0 Å². The molecule has 1 aliphatic carbocycles. The summed E-state index contributed by atoms with van der Waals surface area (Å²) < 4.78 is 7.81. The molecule has 5 rings (SSSR count). The molecule has 2 aliphatic rings. The summed E-state index contributed by atoms with van der Waals surface area (Å²) in [7, 11) is 0. The van der Waals surface area contributed by atoms with Gasteiger partial charge in [0.05, 0.1) is 24.3 Å². The molecule has 23 heavy (non-hydrogen) atoms. The summed E-state index contributed by atoms with van der Waals surface area (Å²) in [5.41, 5.74) is 4.31. The second-order valence-electron chi connectivity index (χ2n) is 6.41. The highest BCUT2D eigenvalue weighted by Crippen LogP contribution is 2.49. The third kappa shape index (κ3) is 1.71. The average molecular weight is 307 g/mol. The Labute approximate surface area is 133 Å². The van der Waals surface area contributed by atoms with Gasteiger partial charge in [-0.2, -0.15) is 0 Å². The van der Waals surface area contributed by atoms with Crippen molar-refractivity contribution < 1.29 is 9.52 Å². The normalized spacial score (nSPS) is 25.0. The van der Waals surface area contributed by atoms with Crippen molar-refractivity contribution in [3.8, 4) is 11.3 Å². The topological polar surface area (TPSA) is 64.1 Å². The zero-order valence-electron chi connectivity index (χ0n) is 12.8. The number of aryl methyl sites for hydroxylation is 2. The molecular weight excluding hydrogens is 290 g/mol. The molecule has 0 saturated carbocycles. The number of hydrogen-bond acceptors (Lipinski definition) is 4. The molecule has 1 aromatic carbocycles. The molecule has 3 heterocycles. The fourth-order valence-corrected chi connectivity index (χ4v) is 4.19. The van der Waals surface area contributed by atoms with Crippen LogP contribution in [0.4, 0.5) is 0 Å². The number of aromatic nitrogens is 3. The van der Waals surface area contributed by atoms with E-state index in [2.05, 4.69) is 38.8 Å². The van der Waals surface area contributed by atoms with Crippen LogP contribution in [-0.2, 0) is 6.42 Å². The van der Waals surface area contributed by atoms with Crippen LogP contribution in [0, 0.1) is 12.8 Å². The number of oxazole rings is 1. The van der Waals surface area contributed by atoms with Crippen LogP contribution >= 0.6 is 0 Å². The van der Waals surface area contributed by atoms with Crippen molar-refractivity contribution >= 4 is 0 Å². The Balaban J connectivity index is 1.63. The van der Waals surface area contributed by atoms with Gasteiger partial charge in [-0.15, -0.1) is 0 Å². The molecule has 0 amide bonds. The van der Waals surface area contributed by atoms with E-state index in [-0.39, 0.29) is 12.0 Å². The van der Waals surface area contributed by atoms with Crippen LogP contribution in [-0.4, -0.2) is 19.6 Å². The van der Waals surface area contributed by atoms with E-state index >= 15 is 0 Å². The van der Waals surface area contributed by atoms with Crippen molar-refractivity contribution in [2.45, 2.75) is 31.9 Å². The molecule has 1 aliphatic heterocycles. The van der Waals surface area contributed by atoms with E-state index in [0.29, 0.717) is 11.6 Å². The number of aliphatic hydroxyl groups is 1. The van der Waals surface area contributed by atoms with Crippen molar-refractivity contribution in [3.05, 3.63) is 59.7 Å². The number of nitrogens with zero attached hydrogens (tertiary/aromatic N) is 3. The SMILES string of the molecule is Cc1nc2c(o1)CC[C@@H]([C@H]1c3ccccc3-c3cncn31)[C@@H]2O. The van der Waals surface area contributed by atoms with Gasteiger partial charge in [-0.3, -0.25) is 0 Å². The molecule has 0 spiro atoms. The average Bonchev–Trinajstić information content (AvgIpc) is 3.22. The highest BCUT2D eigenvalue weighted by Gasteiger charge is 2.42. The molecule has 0 unspecified atom stereocenters. The van der Waals surface area contributed by atoms with Gasteiger partial charge in [0.15, 0.2) is 5.89 Å². The van der Waals surface area contributed by atoms with Crippen LogP contribution in [0.3, 0.4) is 0 Å². The summed E-state index contributed by atoms with van der Waals surface area (Å²) in [6, 6.07) is 8.50. The summed E-state index contributed by atoms with van der Waals surface area (Å²) in [6.45, 7) is 1.83. The molecule has 0 fully saturated rings. The van der Waals surface area contributed by atoms with Gasteiger partial charge in [-0.05, 0) is 12.0 Å². The minimum atomic E-state index is -0.609. The van der Waals surface area contributed by atoms with Gasteiger partial charge in [0.2, 0.25) is 0 Å². The van der Waals surface area contributed by atoms with Gasteiger partial charge in [-0.1, -0.05) is 24.3 Å². The van der Waals surface area contributed by atoms with Gasteiger partial charge in [-0.25, -0.2) is 9.97 Å². The summed E-state index contributed by atoms with van der Waals surface area (Å²) in [5, 5.41) is 10.9. The fraction of sp³-hybridized carbons (Fsp3) is 0.333. The maximum atomic E-state index is 10.9. The number of fused-ring (bicyclic) bond motifs is 4. The number of aliphatic hydroxyl groups excluding tert-OH is 1. The maximum Gasteiger partial charge on any atom is 0.191 e. The molecule has 116 valence electrons. The lowest BCUT2D eigenvalue weighted by molar-refractivity contribution is 0.0656. The molecule has 5 nitrogen and oxygen atoms in total. The van der Waals surface area contributed by atoms with Crippen LogP contribution in [0.15, 0.2) is 41.2 Å². The molecule has 5 heteroatoms. The van der Waals surface area contributed by atoms with Gasteiger partial charge >= 0.3 is 0 Å². The Morgan fingerprint density at radius 3 is 3.09 bits per heavy atom. The van der Waals surface area contributed by atoms with Crippen LogP contribution in [0.2, 0.25) is 0 Å². The molecule has 1 N–H and O–H groups in total. The largest absolute Gasteiger partial charge is 0.446 e. The van der Waals surface area contributed by atoms with E-state index in [0.717, 1.165) is 24.3 Å². The monoisotopic (exact) mass is 307 g/mol. The Morgan fingerprint density at radius 2 is 2.17 bits per heavy atom. The lowest BCUT2D eigenvalue weighted by Gasteiger charge is -2.32. The third-order valence-corrected chi connectivity index (χ3v) is 5.15. The van der Waals surface area contributed by atoms with Crippen molar-refractivity contribution in [2.24, 2.45) is 5.92 Å². The summed E-state index contributed by atoms with van der Waals surface area (Å²) in [6.07, 6.45) is 4.86. The Bertz CT molecular complexity index is 895.